The van der Waals surface area contributed by atoms with E-state index in [1.54, 1.807) is 0 Å². The van der Waals surface area contributed by atoms with Crippen LogP contribution in [0.4, 0.5) is 36.4 Å². The topological polar surface area (TPSA) is 98.9 Å². The summed E-state index contributed by atoms with van der Waals surface area (Å²) in [4.78, 5) is 28.7. The van der Waals surface area contributed by atoms with E-state index in [2.05, 4.69) is 10.5 Å². The summed E-state index contributed by atoms with van der Waals surface area (Å²) in [6.07, 6.45) is -10.0. The number of halogens is 7. The van der Waals surface area contributed by atoms with E-state index in [-0.39, 0.29) is 42.5 Å². The fourth-order valence-electron chi connectivity index (χ4n) is 4.78. The van der Waals surface area contributed by atoms with E-state index in [1.165, 1.54) is 23.1 Å². The Kier molecular flexibility index (Phi) is 7.98. The van der Waals surface area contributed by atoms with Gasteiger partial charge < -0.3 is 19.8 Å². The largest absolute Gasteiger partial charge is 0.430 e. The SMILES string of the molecule is O=C(Nc1ccc(C(=O)N2CCN(Cc3ccc(C(O)(C(F)(F)F)C(F)(F)F)cc3)CC2)cc1F)c1cc(C2CC2)on1. The van der Waals surface area contributed by atoms with Gasteiger partial charge in [0.2, 0.25) is 0 Å². The van der Waals surface area contributed by atoms with Crippen LogP contribution in [0.3, 0.4) is 0 Å². The summed E-state index contributed by atoms with van der Waals surface area (Å²) in [5.41, 5.74) is -6.00. The molecule has 0 radical (unpaired) electrons. The Morgan fingerprint density at radius 2 is 1.56 bits per heavy atom. The van der Waals surface area contributed by atoms with E-state index in [0.29, 0.717) is 36.5 Å². The van der Waals surface area contributed by atoms with Crippen molar-refractivity contribution in [2.45, 2.75) is 43.3 Å². The lowest BCUT2D eigenvalue weighted by molar-refractivity contribution is -0.376. The van der Waals surface area contributed by atoms with Gasteiger partial charge >= 0.3 is 12.4 Å². The van der Waals surface area contributed by atoms with E-state index >= 15 is 0 Å². The number of alkyl halides is 6. The second kappa shape index (κ2) is 11.3. The molecule has 43 heavy (non-hydrogen) atoms. The molecule has 1 aliphatic carbocycles. The molecule has 2 fully saturated rings. The van der Waals surface area contributed by atoms with E-state index in [9.17, 15) is 45.4 Å². The van der Waals surface area contributed by atoms with Gasteiger partial charge in [0, 0.05) is 55.8 Å². The van der Waals surface area contributed by atoms with Crippen LogP contribution < -0.4 is 5.32 Å². The summed E-state index contributed by atoms with van der Waals surface area (Å²) in [7, 11) is 0. The predicted octanol–water partition coefficient (Wildman–Crippen LogP) is 5.21. The molecule has 1 aromatic heterocycles. The van der Waals surface area contributed by atoms with Gasteiger partial charge in [0.15, 0.2) is 5.69 Å². The Bertz CT molecular complexity index is 1480. The van der Waals surface area contributed by atoms with E-state index < -0.39 is 41.1 Å². The highest BCUT2D eigenvalue weighted by atomic mass is 19.4. The quantitative estimate of drug-likeness (QED) is 0.355. The van der Waals surface area contributed by atoms with Crippen molar-refractivity contribution < 1.29 is 50.0 Å². The van der Waals surface area contributed by atoms with Crippen LogP contribution in [0.5, 0.6) is 0 Å². The van der Waals surface area contributed by atoms with Crippen LogP contribution in [-0.2, 0) is 12.1 Å². The summed E-state index contributed by atoms with van der Waals surface area (Å²) in [5.74, 6) is -1.08. The predicted molar refractivity (Wildman–Crippen MR) is 136 cm³/mol. The number of amides is 2. The Morgan fingerprint density at radius 1 is 0.930 bits per heavy atom. The van der Waals surface area contributed by atoms with E-state index in [1.807, 2.05) is 4.90 Å². The normalized spacial score (nSPS) is 16.8. The standard InChI is InChI=1S/C28H25F7N4O4/c29-20-13-18(5-8-21(20)36-24(40)22-14-23(43-37-22)17-3-4-17)25(41)39-11-9-38(10-12-39)15-16-1-6-19(7-2-16)26(42,27(30,31)32)28(33,34)35/h1-2,5-8,13-14,17,42H,3-4,9-12,15H2,(H,36,40). The number of hydrogen-bond donors (Lipinski definition) is 2. The van der Waals surface area contributed by atoms with Gasteiger partial charge in [-0.15, -0.1) is 0 Å². The zero-order chi connectivity index (χ0) is 31.2. The lowest BCUT2D eigenvalue weighted by atomic mass is 9.91. The minimum atomic E-state index is -5.97. The molecule has 2 aromatic carbocycles. The maximum atomic E-state index is 14.8. The van der Waals surface area contributed by atoms with Crippen LogP contribution in [0.15, 0.2) is 53.1 Å². The molecule has 0 atom stereocenters. The molecule has 1 saturated heterocycles. The van der Waals surface area contributed by atoms with Crippen LogP contribution in [0.2, 0.25) is 0 Å². The van der Waals surface area contributed by atoms with Gasteiger partial charge in [-0.3, -0.25) is 14.5 Å². The molecule has 8 nitrogen and oxygen atoms in total. The van der Waals surface area contributed by atoms with Crippen LogP contribution in [0.25, 0.3) is 0 Å². The van der Waals surface area contributed by atoms with E-state index in [4.69, 9.17) is 4.52 Å². The summed E-state index contributed by atoms with van der Waals surface area (Å²) in [6, 6.07) is 8.49. The molecule has 0 bridgehead atoms. The molecular weight excluding hydrogens is 589 g/mol. The fourth-order valence-corrected chi connectivity index (χ4v) is 4.78. The summed E-state index contributed by atoms with van der Waals surface area (Å²) in [5, 5.41) is 15.6. The van der Waals surface area contributed by atoms with Gasteiger partial charge in [-0.25, -0.2) is 4.39 Å². The third-order valence-corrected chi connectivity index (χ3v) is 7.46. The fraction of sp³-hybridized carbons (Fsp3) is 0.393. The highest BCUT2D eigenvalue weighted by Gasteiger charge is 2.71. The van der Waals surface area contributed by atoms with Gasteiger partial charge in [0.25, 0.3) is 17.4 Å². The summed E-state index contributed by atoms with van der Waals surface area (Å²) in [6.45, 7) is 1.30. The average Bonchev–Trinajstić information content (AvgIpc) is 3.68. The monoisotopic (exact) mass is 614 g/mol. The van der Waals surface area contributed by atoms with Crippen molar-refractivity contribution in [3.05, 3.63) is 82.5 Å². The Labute approximate surface area is 240 Å². The molecule has 1 saturated carbocycles. The molecule has 230 valence electrons. The number of nitrogens with one attached hydrogen (secondary N) is 1. The average molecular weight is 615 g/mol. The Morgan fingerprint density at radius 3 is 2.12 bits per heavy atom. The molecule has 2 aliphatic rings. The van der Waals surface area contributed by atoms with Crippen LogP contribution in [-0.4, -0.2) is 70.4 Å². The maximum absolute atomic E-state index is 14.8. The second-order valence-electron chi connectivity index (χ2n) is 10.5. The third-order valence-electron chi connectivity index (χ3n) is 7.46. The second-order valence-corrected chi connectivity index (χ2v) is 10.5. The van der Waals surface area contributed by atoms with Crippen molar-refractivity contribution in [3.63, 3.8) is 0 Å². The molecule has 0 spiro atoms. The highest BCUT2D eigenvalue weighted by Crippen LogP contribution is 2.50. The van der Waals surface area contributed by atoms with Crippen molar-refractivity contribution in [3.8, 4) is 0 Å². The zero-order valence-corrected chi connectivity index (χ0v) is 22.3. The number of nitrogens with zero attached hydrogens (tertiary/aromatic N) is 3. The van der Waals surface area contributed by atoms with Crippen molar-refractivity contribution in [2.24, 2.45) is 0 Å². The molecular formula is C28H25F7N4O4. The summed E-state index contributed by atoms with van der Waals surface area (Å²) < 4.78 is 98.6. The number of carbonyl (C=O) groups excluding carboxylic acids is 2. The number of aliphatic hydroxyl groups is 1. The smallest absolute Gasteiger partial charge is 0.369 e. The first-order valence-corrected chi connectivity index (χ1v) is 13.2. The Hall–Kier alpha value is -3.98. The first-order valence-electron chi connectivity index (χ1n) is 13.2. The van der Waals surface area contributed by atoms with Gasteiger partial charge in [-0.1, -0.05) is 29.4 Å². The van der Waals surface area contributed by atoms with Crippen LogP contribution in [0.1, 0.15) is 56.5 Å². The van der Waals surface area contributed by atoms with Crippen molar-refractivity contribution >= 4 is 17.5 Å². The van der Waals surface area contributed by atoms with Gasteiger partial charge in [-0.05, 0) is 36.6 Å². The maximum Gasteiger partial charge on any atom is 0.430 e. The van der Waals surface area contributed by atoms with Crippen molar-refractivity contribution in [1.82, 2.24) is 15.0 Å². The van der Waals surface area contributed by atoms with Crippen LogP contribution in [0, 0.1) is 5.82 Å². The first-order chi connectivity index (χ1) is 20.2. The first kappa shape index (κ1) is 30.5. The van der Waals surface area contributed by atoms with Gasteiger partial charge in [0.1, 0.15) is 11.6 Å². The van der Waals surface area contributed by atoms with Gasteiger partial charge in [0.05, 0.1) is 5.69 Å². The molecule has 3 aromatic rings. The number of anilines is 1. The molecule has 1 aliphatic heterocycles. The number of piperazine rings is 1. The van der Waals surface area contributed by atoms with Gasteiger partial charge in [-0.2, -0.15) is 26.3 Å². The zero-order valence-electron chi connectivity index (χ0n) is 22.3. The molecule has 2 N–H and O–H groups in total. The van der Waals surface area contributed by atoms with Crippen LogP contribution >= 0.6 is 0 Å². The highest BCUT2D eigenvalue weighted by molar-refractivity contribution is 6.03. The number of rotatable bonds is 7. The minimum absolute atomic E-state index is 0.0133. The summed E-state index contributed by atoms with van der Waals surface area (Å²) >= 11 is 0. The molecule has 2 heterocycles. The Balaban J connectivity index is 1.15. The van der Waals surface area contributed by atoms with Crippen molar-refractivity contribution in [1.29, 1.82) is 0 Å². The third kappa shape index (κ3) is 6.22. The lowest BCUT2D eigenvalue weighted by Crippen LogP contribution is -2.53. The minimum Gasteiger partial charge on any atom is -0.369 e. The molecule has 0 unspecified atom stereocenters. The number of aromatic nitrogens is 1. The van der Waals surface area contributed by atoms with Crippen molar-refractivity contribution in [2.75, 3.05) is 31.5 Å². The molecule has 2 amide bonds. The molecule has 5 rings (SSSR count). The number of benzene rings is 2. The number of hydrogen-bond acceptors (Lipinski definition) is 6. The number of carbonyl (C=O) groups is 2. The lowest BCUT2D eigenvalue weighted by Gasteiger charge is -2.35. The molecule has 15 heteroatoms. The van der Waals surface area contributed by atoms with E-state index in [0.717, 1.165) is 31.0 Å².